The number of carbonyl (C=O) groups excluding carboxylic acids is 1. The molecular weight excluding hydrogens is 386 g/mol. The van der Waals surface area contributed by atoms with Gasteiger partial charge < -0.3 is 10.0 Å². The molecule has 0 saturated heterocycles. The molecule has 1 amide bonds. The first-order valence-electron chi connectivity index (χ1n) is 11.1. The molecule has 0 radical (unpaired) electrons. The molecule has 0 unspecified atom stereocenters. The number of carbonyl (C=O) groups is 1. The number of hydrogen-bond donors (Lipinski definition) is 2. The van der Waals surface area contributed by atoms with Crippen LogP contribution in [0.2, 0.25) is 0 Å². The van der Waals surface area contributed by atoms with Crippen molar-refractivity contribution in [2.24, 2.45) is 11.8 Å². The molecule has 0 aliphatic heterocycles. The van der Waals surface area contributed by atoms with Crippen molar-refractivity contribution >= 4 is 5.91 Å². The number of aliphatic hydroxyl groups is 1. The van der Waals surface area contributed by atoms with E-state index in [1.165, 1.54) is 5.56 Å². The number of benzene rings is 2. The molecule has 5 nitrogen and oxygen atoms in total. The monoisotopic (exact) mass is 417 g/mol. The molecule has 4 rings (SSSR count). The van der Waals surface area contributed by atoms with Gasteiger partial charge in [-0.25, -0.2) is 0 Å². The average molecular weight is 418 g/mol. The number of nitrogens with one attached hydrogen (secondary N) is 1. The molecule has 1 fully saturated rings. The molecule has 3 aromatic rings. The van der Waals surface area contributed by atoms with Crippen LogP contribution in [0.3, 0.4) is 0 Å². The number of nitrogens with zero attached hydrogens (tertiary/aromatic N) is 2. The summed E-state index contributed by atoms with van der Waals surface area (Å²) in [6, 6.07) is 19.9. The van der Waals surface area contributed by atoms with E-state index in [9.17, 15) is 9.90 Å². The highest BCUT2D eigenvalue weighted by Crippen LogP contribution is 2.40. The van der Waals surface area contributed by atoms with Crippen LogP contribution in [0.25, 0.3) is 0 Å². The lowest BCUT2D eigenvalue weighted by molar-refractivity contribution is 0.0783. The molecule has 1 aliphatic rings. The third-order valence-corrected chi connectivity index (χ3v) is 6.40. The first-order chi connectivity index (χ1) is 15.0. The van der Waals surface area contributed by atoms with E-state index in [1.807, 2.05) is 55.5 Å². The van der Waals surface area contributed by atoms with E-state index in [2.05, 4.69) is 22.3 Å². The number of aromatic nitrogens is 2. The third kappa shape index (κ3) is 5.23. The number of aromatic amines is 1. The molecule has 1 heterocycles. The molecule has 1 saturated carbocycles. The molecule has 2 aromatic carbocycles. The SMILES string of the molecule is Cc1cc(CN(C)C(=O)c2ccc(C[C@@H]3CC[C@H]([C@H](O)c4ccccc4)C3)cc2)n[nH]1. The fourth-order valence-corrected chi connectivity index (χ4v) is 4.72. The molecule has 5 heteroatoms. The summed E-state index contributed by atoms with van der Waals surface area (Å²) in [7, 11) is 1.80. The molecule has 31 heavy (non-hydrogen) atoms. The van der Waals surface area contributed by atoms with Gasteiger partial charge in [0.2, 0.25) is 0 Å². The van der Waals surface area contributed by atoms with E-state index >= 15 is 0 Å². The number of hydrogen-bond acceptors (Lipinski definition) is 3. The van der Waals surface area contributed by atoms with Crippen molar-refractivity contribution in [1.82, 2.24) is 15.1 Å². The van der Waals surface area contributed by atoms with Crippen molar-refractivity contribution in [1.29, 1.82) is 0 Å². The van der Waals surface area contributed by atoms with E-state index in [-0.39, 0.29) is 12.0 Å². The second-order valence-corrected chi connectivity index (χ2v) is 8.90. The lowest BCUT2D eigenvalue weighted by atomic mass is 9.91. The van der Waals surface area contributed by atoms with E-state index in [4.69, 9.17) is 0 Å². The summed E-state index contributed by atoms with van der Waals surface area (Å²) >= 11 is 0. The summed E-state index contributed by atoms with van der Waals surface area (Å²) in [5, 5.41) is 17.8. The van der Waals surface area contributed by atoms with Gasteiger partial charge in [-0.15, -0.1) is 0 Å². The van der Waals surface area contributed by atoms with Crippen LogP contribution in [0.1, 0.15) is 58.2 Å². The molecule has 1 aromatic heterocycles. The maximum atomic E-state index is 12.7. The van der Waals surface area contributed by atoms with E-state index in [0.29, 0.717) is 23.9 Å². The zero-order valence-corrected chi connectivity index (χ0v) is 18.3. The quantitative estimate of drug-likeness (QED) is 0.586. The van der Waals surface area contributed by atoms with Gasteiger partial charge in [0.05, 0.1) is 18.3 Å². The fraction of sp³-hybridized carbons (Fsp3) is 0.385. The van der Waals surface area contributed by atoms with Gasteiger partial charge in [0.15, 0.2) is 0 Å². The summed E-state index contributed by atoms with van der Waals surface area (Å²) in [6.07, 6.45) is 3.87. The Morgan fingerprint density at radius 3 is 2.58 bits per heavy atom. The van der Waals surface area contributed by atoms with Crippen LogP contribution in [0.4, 0.5) is 0 Å². The first kappa shape index (κ1) is 21.3. The zero-order chi connectivity index (χ0) is 21.8. The van der Waals surface area contributed by atoms with Gasteiger partial charge in [-0.2, -0.15) is 5.10 Å². The summed E-state index contributed by atoms with van der Waals surface area (Å²) in [4.78, 5) is 14.4. The number of aryl methyl sites for hydroxylation is 1. The standard InChI is InChI=1S/C26H31N3O2/c1-18-14-24(28-27-18)17-29(2)26(31)22-11-8-19(9-12-22)15-20-10-13-23(16-20)25(30)21-6-4-3-5-7-21/h3-9,11-12,14,20,23,25,30H,10,13,15-17H2,1-2H3,(H,27,28)/t20-,23-,25+/m0/s1. The second kappa shape index (κ2) is 9.48. The van der Waals surface area contributed by atoms with Gasteiger partial charge in [0.25, 0.3) is 5.91 Å². The molecule has 1 aliphatic carbocycles. The molecule has 2 N–H and O–H groups in total. The predicted octanol–water partition coefficient (Wildman–Crippen LogP) is 4.68. The summed E-state index contributed by atoms with van der Waals surface area (Å²) in [5.41, 5.74) is 4.82. The Balaban J connectivity index is 1.31. The number of aliphatic hydroxyl groups excluding tert-OH is 1. The third-order valence-electron chi connectivity index (χ3n) is 6.40. The molecular formula is C26H31N3O2. The number of amides is 1. The minimum atomic E-state index is -0.375. The number of H-pyrrole nitrogens is 1. The highest BCUT2D eigenvalue weighted by molar-refractivity contribution is 5.94. The van der Waals surface area contributed by atoms with Crippen LogP contribution in [0, 0.1) is 18.8 Å². The van der Waals surface area contributed by atoms with E-state index in [0.717, 1.165) is 42.6 Å². The topological polar surface area (TPSA) is 69.2 Å². The maximum absolute atomic E-state index is 12.7. The largest absolute Gasteiger partial charge is 0.388 e. The van der Waals surface area contributed by atoms with Crippen LogP contribution in [0.15, 0.2) is 60.7 Å². The predicted molar refractivity (Wildman–Crippen MR) is 122 cm³/mol. The van der Waals surface area contributed by atoms with Gasteiger partial charge in [-0.05, 0) is 73.8 Å². The Labute approximate surface area is 184 Å². The highest BCUT2D eigenvalue weighted by atomic mass is 16.3. The Hall–Kier alpha value is -2.92. The van der Waals surface area contributed by atoms with Crippen molar-refractivity contribution in [3.63, 3.8) is 0 Å². The van der Waals surface area contributed by atoms with Crippen molar-refractivity contribution in [2.75, 3.05) is 7.05 Å². The smallest absolute Gasteiger partial charge is 0.253 e. The normalized spacial score (nSPS) is 19.3. The molecule has 0 spiro atoms. The summed E-state index contributed by atoms with van der Waals surface area (Å²) in [6.45, 7) is 2.43. The summed E-state index contributed by atoms with van der Waals surface area (Å²) in [5.74, 6) is 0.905. The van der Waals surface area contributed by atoms with Crippen LogP contribution >= 0.6 is 0 Å². The fourth-order valence-electron chi connectivity index (χ4n) is 4.72. The average Bonchev–Trinajstić information content (AvgIpc) is 3.42. The number of rotatable bonds is 7. The molecule has 162 valence electrons. The van der Waals surface area contributed by atoms with Crippen molar-refractivity contribution in [3.05, 3.63) is 88.7 Å². The van der Waals surface area contributed by atoms with Crippen molar-refractivity contribution < 1.29 is 9.90 Å². The Kier molecular flexibility index (Phi) is 6.52. The first-order valence-corrected chi connectivity index (χ1v) is 11.1. The lowest BCUT2D eigenvalue weighted by Gasteiger charge is -2.19. The second-order valence-electron chi connectivity index (χ2n) is 8.90. The summed E-state index contributed by atoms with van der Waals surface area (Å²) < 4.78 is 0. The van der Waals surface area contributed by atoms with Gasteiger partial charge >= 0.3 is 0 Å². The Morgan fingerprint density at radius 1 is 1.16 bits per heavy atom. The molecule has 0 bridgehead atoms. The minimum absolute atomic E-state index is 0.000818. The Bertz CT molecular complexity index is 997. The highest BCUT2D eigenvalue weighted by Gasteiger charge is 2.30. The van der Waals surface area contributed by atoms with Crippen LogP contribution in [-0.4, -0.2) is 33.2 Å². The zero-order valence-electron chi connectivity index (χ0n) is 18.3. The van der Waals surface area contributed by atoms with Gasteiger partial charge in [-0.3, -0.25) is 9.89 Å². The van der Waals surface area contributed by atoms with E-state index in [1.54, 1.807) is 11.9 Å². The van der Waals surface area contributed by atoms with Crippen molar-refractivity contribution in [2.45, 2.75) is 45.3 Å². The van der Waals surface area contributed by atoms with E-state index < -0.39 is 0 Å². The van der Waals surface area contributed by atoms with Crippen LogP contribution in [-0.2, 0) is 13.0 Å². The van der Waals surface area contributed by atoms with Crippen LogP contribution in [0.5, 0.6) is 0 Å². The van der Waals surface area contributed by atoms with Gasteiger partial charge in [0, 0.05) is 18.3 Å². The van der Waals surface area contributed by atoms with Crippen LogP contribution < -0.4 is 0 Å². The minimum Gasteiger partial charge on any atom is -0.388 e. The molecule has 3 atom stereocenters. The maximum Gasteiger partial charge on any atom is 0.253 e. The Morgan fingerprint density at radius 2 is 1.90 bits per heavy atom. The lowest BCUT2D eigenvalue weighted by Crippen LogP contribution is -2.26. The van der Waals surface area contributed by atoms with Gasteiger partial charge in [0.1, 0.15) is 0 Å². The van der Waals surface area contributed by atoms with Crippen molar-refractivity contribution in [3.8, 4) is 0 Å². The van der Waals surface area contributed by atoms with Gasteiger partial charge in [-0.1, -0.05) is 42.5 Å².